The van der Waals surface area contributed by atoms with Gasteiger partial charge in [0.1, 0.15) is 5.82 Å². The third kappa shape index (κ3) is 3.21. The van der Waals surface area contributed by atoms with E-state index in [-0.39, 0.29) is 11.1 Å². The minimum Gasteiger partial charge on any atom is -0.329 e. The van der Waals surface area contributed by atoms with Gasteiger partial charge in [0.15, 0.2) is 0 Å². The molecule has 0 aliphatic carbocycles. The van der Waals surface area contributed by atoms with Crippen molar-refractivity contribution < 1.29 is 4.39 Å². The minimum atomic E-state index is -0.437. The predicted octanol–water partition coefficient (Wildman–Crippen LogP) is 1.70. The molecule has 0 saturated heterocycles. The molecule has 15 heavy (non-hydrogen) atoms. The highest BCUT2D eigenvalue weighted by Gasteiger charge is 2.10. The maximum atomic E-state index is 12.9. The molecule has 0 aliphatic rings. The van der Waals surface area contributed by atoms with Crippen molar-refractivity contribution in [1.29, 1.82) is 0 Å². The van der Waals surface area contributed by atoms with Gasteiger partial charge in [-0.25, -0.2) is 4.39 Å². The predicted molar refractivity (Wildman–Crippen MR) is 60.0 cm³/mol. The van der Waals surface area contributed by atoms with Crippen LogP contribution >= 0.6 is 11.6 Å². The van der Waals surface area contributed by atoms with Gasteiger partial charge in [-0.1, -0.05) is 23.6 Å². The molecule has 0 fully saturated rings. The number of terminal acetylenes is 1. The van der Waals surface area contributed by atoms with E-state index < -0.39 is 5.82 Å². The second-order valence-electron chi connectivity index (χ2n) is 3.05. The lowest BCUT2D eigenvalue weighted by molar-refractivity contribution is 0.577. The van der Waals surface area contributed by atoms with E-state index in [0.29, 0.717) is 13.1 Å². The molecule has 80 valence electrons. The van der Waals surface area contributed by atoms with Gasteiger partial charge in [0, 0.05) is 12.6 Å². The first-order valence-corrected chi connectivity index (χ1v) is 4.88. The molecule has 1 atom stereocenters. The molecule has 1 rings (SSSR count). The quantitative estimate of drug-likeness (QED) is 0.767. The first-order chi connectivity index (χ1) is 7.19. The van der Waals surface area contributed by atoms with Gasteiger partial charge in [-0.15, -0.1) is 6.42 Å². The van der Waals surface area contributed by atoms with Crippen LogP contribution in [0.5, 0.6) is 0 Å². The van der Waals surface area contributed by atoms with Crippen molar-refractivity contribution in [2.24, 2.45) is 5.73 Å². The fraction of sp³-hybridized carbons (Fsp3) is 0.273. The number of hydrogen-bond acceptors (Lipinski definition) is 2. The lowest BCUT2D eigenvalue weighted by atomic mass is 10.1. The monoisotopic (exact) mass is 226 g/mol. The van der Waals surface area contributed by atoms with E-state index in [1.54, 1.807) is 12.1 Å². The van der Waals surface area contributed by atoms with Gasteiger partial charge in [-0.2, -0.15) is 0 Å². The Bertz CT molecular complexity index is 373. The average molecular weight is 227 g/mol. The van der Waals surface area contributed by atoms with Gasteiger partial charge in [0.2, 0.25) is 0 Å². The Morgan fingerprint density at radius 3 is 2.87 bits per heavy atom. The summed E-state index contributed by atoms with van der Waals surface area (Å²) in [6, 6.07) is 4.41. The topological polar surface area (TPSA) is 38.0 Å². The molecule has 2 nitrogen and oxygen atoms in total. The van der Waals surface area contributed by atoms with Crippen molar-refractivity contribution in [3.8, 4) is 12.3 Å². The van der Waals surface area contributed by atoms with E-state index in [2.05, 4.69) is 11.2 Å². The lowest BCUT2D eigenvalue weighted by Crippen LogP contribution is -2.28. The highest BCUT2D eigenvalue weighted by molar-refractivity contribution is 6.30. The summed E-state index contributed by atoms with van der Waals surface area (Å²) >= 11 is 5.67. The molecule has 1 unspecified atom stereocenters. The van der Waals surface area contributed by atoms with Crippen LogP contribution in [0.15, 0.2) is 18.2 Å². The molecule has 1 aromatic rings. The number of halogens is 2. The molecule has 0 spiro atoms. The van der Waals surface area contributed by atoms with Crippen LogP contribution in [-0.2, 0) is 0 Å². The first kappa shape index (κ1) is 12.0. The molecule has 0 bridgehead atoms. The molecular weight excluding hydrogens is 215 g/mol. The van der Waals surface area contributed by atoms with Crippen LogP contribution in [-0.4, -0.2) is 13.1 Å². The Balaban J connectivity index is 2.83. The van der Waals surface area contributed by atoms with E-state index in [9.17, 15) is 4.39 Å². The minimum absolute atomic E-state index is 0.0912. The Morgan fingerprint density at radius 2 is 2.33 bits per heavy atom. The van der Waals surface area contributed by atoms with Crippen LogP contribution in [0.2, 0.25) is 5.02 Å². The fourth-order valence-electron chi connectivity index (χ4n) is 1.25. The normalized spacial score (nSPS) is 12.1. The summed E-state index contributed by atoms with van der Waals surface area (Å²) in [5, 5.41) is 3.13. The average Bonchev–Trinajstić information content (AvgIpc) is 2.24. The van der Waals surface area contributed by atoms with Crippen molar-refractivity contribution >= 4 is 11.6 Å². The summed E-state index contributed by atoms with van der Waals surface area (Å²) in [7, 11) is 0. The highest BCUT2D eigenvalue weighted by Crippen LogP contribution is 2.20. The summed E-state index contributed by atoms with van der Waals surface area (Å²) in [5.41, 5.74) is 6.40. The molecule has 0 radical (unpaired) electrons. The smallest absolute Gasteiger partial charge is 0.141 e. The maximum Gasteiger partial charge on any atom is 0.141 e. The van der Waals surface area contributed by atoms with Gasteiger partial charge in [-0.3, -0.25) is 5.32 Å². The molecule has 0 heterocycles. The Labute approximate surface area is 93.6 Å². The van der Waals surface area contributed by atoms with E-state index in [1.807, 2.05) is 0 Å². The highest BCUT2D eigenvalue weighted by atomic mass is 35.5. The van der Waals surface area contributed by atoms with Crippen molar-refractivity contribution in [1.82, 2.24) is 5.32 Å². The third-order valence-corrected chi connectivity index (χ3v) is 2.32. The van der Waals surface area contributed by atoms with Crippen LogP contribution in [0.3, 0.4) is 0 Å². The van der Waals surface area contributed by atoms with Crippen LogP contribution in [0.25, 0.3) is 0 Å². The lowest BCUT2D eigenvalue weighted by Gasteiger charge is -2.15. The zero-order valence-corrected chi connectivity index (χ0v) is 8.89. The van der Waals surface area contributed by atoms with Crippen molar-refractivity contribution in [2.45, 2.75) is 6.04 Å². The van der Waals surface area contributed by atoms with Crippen molar-refractivity contribution in [3.05, 3.63) is 34.6 Å². The van der Waals surface area contributed by atoms with Gasteiger partial charge in [0.05, 0.1) is 11.6 Å². The molecule has 0 aromatic heterocycles. The molecule has 4 heteroatoms. The molecule has 0 saturated carbocycles. The van der Waals surface area contributed by atoms with Gasteiger partial charge >= 0.3 is 0 Å². The SMILES string of the molecule is C#CCNC(CN)c1ccc(F)c(Cl)c1. The standard InChI is InChI=1S/C11H12ClFN2/c1-2-5-15-11(7-14)8-3-4-10(13)9(12)6-8/h1,3-4,6,11,15H,5,7,14H2. The van der Waals surface area contributed by atoms with Gasteiger partial charge in [-0.05, 0) is 17.7 Å². The zero-order chi connectivity index (χ0) is 11.3. The van der Waals surface area contributed by atoms with E-state index in [4.69, 9.17) is 23.8 Å². The second kappa shape index (κ2) is 5.72. The third-order valence-electron chi connectivity index (χ3n) is 2.03. The van der Waals surface area contributed by atoms with Crippen LogP contribution in [0.1, 0.15) is 11.6 Å². The molecule has 0 amide bonds. The zero-order valence-electron chi connectivity index (χ0n) is 8.13. The maximum absolute atomic E-state index is 12.9. The molecule has 0 aliphatic heterocycles. The Morgan fingerprint density at radius 1 is 1.60 bits per heavy atom. The van der Waals surface area contributed by atoms with E-state index in [1.165, 1.54) is 6.07 Å². The number of nitrogens with two attached hydrogens (primary N) is 1. The van der Waals surface area contributed by atoms with Gasteiger partial charge in [0.25, 0.3) is 0 Å². The molecule has 1 aromatic carbocycles. The molecular formula is C11H12ClFN2. The number of nitrogens with one attached hydrogen (secondary N) is 1. The van der Waals surface area contributed by atoms with Crippen molar-refractivity contribution in [3.63, 3.8) is 0 Å². The van der Waals surface area contributed by atoms with Crippen molar-refractivity contribution in [2.75, 3.05) is 13.1 Å². The summed E-state index contributed by atoms with van der Waals surface area (Å²) in [4.78, 5) is 0. The molecule has 3 N–H and O–H groups in total. The van der Waals surface area contributed by atoms with E-state index in [0.717, 1.165) is 5.56 Å². The first-order valence-electron chi connectivity index (χ1n) is 4.51. The Kier molecular flexibility index (Phi) is 4.57. The fourth-order valence-corrected chi connectivity index (χ4v) is 1.44. The second-order valence-corrected chi connectivity index (χ2v) is 3.45. The number of rotatable bonds is 4. The summed E-state index contributed by atoms with van der Waals surface area (Å²) in [5.74, 6) is 2.02. The summed E-state index contributed by atoms with van der Waals surface area (Å²) < 4.78 is 12.9. The summed E-state index contributed by atoms with van der Waals surface area (Å²) in [6.07, 6.45) is 5.12. The number of hydrogen-bond donors (Lipinski definition) is 2. The summed E-state index contributed by atoms with van der Waals surface area (Å²) in [6.45, 7) is 0.792. The van der Waals surface area contributed by atoms with E-state index >= 15 is 0 Å². The largest absolute Gasteiger partial charge is 0.329 e. The van der Waals surface area contributed by atoms with Crippen LogP contribution < -0.4 is 11.1 Å². The number of benzene rings is 1. The van der Waals surface area contributed by atoms with Crippen LogP contribution in [0.4, 0.5) is 4.39 Å². The Hall–Kier alpha value is -1.08. The van der Waals surface area contributed by atoms with Crippen LogP contribution in [0, 0.1) is 18.2 Å². The van der Waals surface area contributed by atoms with Gasteiger partial charge < -0.3 is 5.73 Å².